The number of hydrogen-bond donors (Lipinski definition) is 2. The third kappa shape index (κ3) is 3.40. The van der Waals surface area contributed by atoms with Crippen LogP contribution >= 0.6 is 0 Å². The van der Waals surface area contributed by atoms with Crippen LogP contribution in [0.3, 0.4) is 0 Å². The summed E-state index contributed by atoms with van der Waals surface area (Å²) in [7, 11) is 6.38. The molecule has 0 bridgehead atoms. The van der Waals surface area contributed by atoms with Crippen LogP contribution in [0, 0.1) is 13.8 Å². The van der Waals surface area contributed by atoms with Crippen molar-refractivity contribution in [3.8, 4) is 11.5 Å². The Morgan fingerprint density at radius 3 is 2.34 bits per heavy atom. The molecule has 0 aliphatic heterocycles. The summed E-state index contributed by atoms with van der Waals surface area (Å²) in [5.74, 6) is 0.113. The lowest BCUT2D eigenvalue weighted by Gasteiger charge is -2.16. The van der Waals surface area contributed by atoms with E-state index in [1.807, 2.05) is 43.7 Å². The van der Waals surface area contributed by atoms with Crippen molar-refractivity contribution in [1.82, 2.24) is 9.88 Å². The summed E-state index contributed by atoms with van der Waals surface area (Å²) >= 11 is 0. The number of amides is 2. The Morgan fingerprint density at radius 2 is 1.76 bits per heavy atom. The van der Waals surface area contributed by atoms with Crippen LogP contribution < -0.4 is 20.1 Å². The zero-order valence-corrected chi connectivity index (χ0v) is 17.5. The molecule has 0 radical (unpaired) electrons. The molecule has 0 spiro atoms. The zero-order chi connectivity index (χ0) is 21.3. The molecule has 0 saturated heterocycles. The average Bonchev–Trinajstić information content (AvgIpc) is 2.97. The molecule has 0 aliphatic rings. The van der Waals surface area contributed by atoms with Gasteiger partial charge in [-0.3, -0.25) is 9.59 Å². The van der Waals surface area contributed by atoms with E-state index in [2.05, 4.69) is 10.6 Å². The first kappa shape index (κ1) is 20.3. The molecule has 2 amide bonds. The third-order valence-corrected chi connectivity index (χ3v) is 5.10. The number of fused-ring (bicyclic) bond motifs is 1. The maximum absolute atomic E-state index is 13.2. The van der Waals surface area contributed by atoms with E-state index in [4.69, 9.17) is 9.47 Å². The predicted molar refractivity (Wildman–Crippen MR) is 113 cm³/mol. The highest BCUT2D eigenvalue weighted by Crippen LogP contribution is 2.37. The number of carbonyl (C=O) groups excluding carboxylic acids is 2. The smallest absolute Gasteiger partial charge is 0.272 e. The molecule has 0 fully saturated rings. The topological polar surface area (TPSA) is 81.6 Å². The monoisotopic (exact) mass is 395 g/mol. The van der Waals surface area contributed by atoms with Crippen LogP contribution in [0.4, 0.5) is 5.69 Å². The Balaban J connectivity index is 2.11. The second kappa shape index (κ2) is 7.87. The van der Waals surface area contributed by atoms with Crippen LogP contribution in [0.2, 0.25) is 0 Å². The molecular formula is C22H25N3O4. The number of ether oxygens (including phenoxy) is 2. The second-order valence-corrected chi connectivity index (χ2v) is 6.80. The molecule has 0 unspecified atom stereocenters. The van der Waals surface area contributed by atoms with Crippen LogP contribution in [0.25, 0.3) is 10.9 Å². The minimum atomic E-state index is -0.296. The lowest BCUT2D eigenvalue weighted by Crippen LogP contribution is -2.20. The van der Waals surface area contributed by atoms with E-state index in [0.29, 0.717) is 28.4 Å². The summed E-state index contributed by atoms with van der Waals surface area (Å²) < 4.78 is 12.7. The minimum absolute atomic E-state index is 0.294. The van der Waals surface area contributed by atoms with Crippen molar-refractivity contribution in [3.05, 3.63) is 52.7 Å². The first-order valence-electron chi connectivity index (χ1n) is 9.18. The quantitative estimate of drug-likeness (QED) is 0.694. The van der Waals surface area contributed by atoms with Gasteiger partial charge in [0.1, 0.15) is 5.69 Å². The Labute approximate surface area is 169 Å². The Morgan fingerprint density at radius 1 is 1.03 bits per heavy atom. The summed E-state index contributed by atoms with van der Waals surface area (Å²) in [6.07, 6.45) is 0. The van der Waals surface area contributed by atoms with Crippen molar-refractivity contribution in [2.75, 3.05) is 26.6 Å². The van der Waals surface area contributed by atoms with Crippen molar-refractivity contribution in [3.63, 3.8) is 0 Å². The number of para-hydroxylation sites is 1. The first-order chi connectivity index (χ1) is 13.8. The van der Waals surface area contributed by atoms with Gasteiger partial charge in [0, 0.05) is 25.0 Å². The van der Waals surface area contributed by atoms with Crippen molar-refractivity contribution >= 4 is 28.4 Å². The summed E-state index contributed by atoms with van der Waals surface area (Å²) in [6.45, 7) is 3.94. The molecule has 3 aromatic rings. The van der Waals surface area contributed by atoms with E-state index < -0.39 is 0 Å². The van der Waals surface area contributed by atoms with E-state index in [1.54, 1.807) is 19.2 Å². The molecule has 7 nitrogen and oxygen atoms in total. The Kier molecular flexibility index (Phi) is 5.50. The fourth-order valence-electron chi connectivity index (χ4n) is 3.73. The molecule has 2 aromatic carbocycles. The number of benzene rings is 2. The SMILES string of the molecule is CNC(=O)c1cc(NC(=O)c2c(C)c3cccc(C)c3n2C)c(OC)c(OC)c1. The minimum Gasteiger partial charge on any atom is -0.493 e. The summed E-state index contributed by atoms with van der Waals surface area (Å²) in [6, 6.07) is 9.14. The largest absolute Gasteiger partial charge is 0.493 e. The maximum atomic E-state index is 13.2. The van der Waals surface area contributed by atoms with Gasteiger partial charge in [0.15, 0.2) is 11.5 Å². The van der Waals surface area contributed by atoms with E-state index in [9.17, 15) is 9.59 Å². The molecule has 1 heterocycles. The van der Waals surface area contributed by atoms with Crippen LogP contribution in [0.5, 0.6) is 11.5 Å². The molecule has 0 saturated carbocycles. The van der Waals surface area contributed by atoms with Crippen LogP contribution in [-0.2, 0) is 7.05 Å². The number of nitrogens with one attached hydrogen (secondary N) is 2. The highest BCUT2D eigenvalue weighted by molar-refractivity contribution is 6.10. The maximum Gasteiger partial charge on any atom is 0.272 e. The molecular weight excluding hydrogens is 370 g/mol. The van der Waals surface area contributed by atoms with Gasteiger partial charge >= 0.3 is 0 Å². The molecule has 1 aromatic heterocycles. The van der Waals surface area contributed by atoms with Gasteiger partial charge in [0.05, 0.1) is 25.4 Å². The van der Waals surface area contributed by atoms with Crippen LogP contribution in [0.15, 0.2) is 30.3 Å². The second-order valence-electron chi connectivity index (χ2n) is 6.80. The molecule has 7 heteroatoms. The van der Waals surface area contributed by atoms with Crippen molar-refractivity contribution in [2.24, 2.45) is 7.05 Å². The van der Waals surface area contributed by atoms with Crippen molar-refractivity contribution < 1.29 is 19.1 Å². The van der Waals surface area contributed by atoms with E-state index >= 15 is 0 Å². The van der Waals surface area contributed by atoms with E-state index in [0.717, 1.165) is 22.0 Å². The number of anilines is 1. The van der Waals surface area contributed by atoms with E-state index in [1.165, 1.54) is 14.2 Å². The molecule has 29 heavy (non-hydrogen) atoms. The normalized spacial score (nSPS) is 10.7. The van der Waals surface area contributed by atoms with Gasteiger partial charge in [-0.05, 0) is 37.1 Å². The lowest BCUT2D eigenvalue weighted by molar-refractivity contribution is 0.0960. The number of rotatable bonds is 5. The average molecular weight is 395 g/mol. The Hall–Kier alpha value is -3.48. The standard InChI is InChI=1S/C22H25N3O4/c1-12-8-7-9-15-13(2)19(25(4)18(12)15)22(27)24-16-10-14(21(26)23-3)11-17(28-5)20(16)29-6/h7-11H,1-6H3,(H,23,26)(H,24,27). The van der Waals surface area contributed by atoms with Crippen molar-refractivity contribution in [1.29, 1.82) is 0 Å². The number of aromatic nitrogens is 1. The van der Waals surface area contributed by atoms with Gasteiger partial charge in [-0.25, -0.2) is 0 Å². The number of carbonyl (C=O) groups is 2. The van der Waals surface area contributed by atoms with Gasteiger partial charge in [-0.15, -0.1) is 0 Å². The van der Waals surface area contributed by atoms with Gasteiger partial charge in [0.25, 0.3) is 11.8 Å². The summed E-state index contributed by atoms with van der Waals surface area (Å²) in [5, 5.41) is 6.49. The molecule has 0 aliphatic carbocycles. The van der Waals surface area contributed by atoms with E-state index in [-0.39, 0.29) is 11.8 Å². The number of nitrogens with zero attached hydrogens (tertiary/aromatic N) is 1. The molecule has 2 N–H and O–H groups in total. The van der Waals surface area contributed by atoms with Crippen molar-refractivity contribution in [2.45, 2.75) is 13.8 Å². The highest BCUT2D eigenvalue weighted by atomic mass is 16.5. The number of hydrogen-bond acceptors (Lipinski definition) is 4. The fraction of sp³-hybridized carbons (Fsp3) is 0.273. The number of methoxy groups -OCH3 is 2. The zero-order valence-electron chi connectivity index (χ0n) is 17.5. The van der Waals surface area contributed by atoms with Gasteiger partial charge < -0.3 is 24.7 Å². The molecule has 152 valence electrons. The fourth-order valence-corrected chi connectivity index (χ4v) is 3.73. The van der Waals surface area contributed by atoms with Gasteiger partial charge in [-0.1, -0.05) is 18.2 Å². The summed E-state index contributed by atoms with van der Waals surface area (Å²) in [5.41, 5.74) is 4.24. The van der Waals surface area contributed by atoms with Gasteiger partial charge in [0.2, 0.25) is 0 Å². The number of aryl methyl sites for hydroxylation is 3. The first-order valence-corrected chi connectivity index (χ1v) is 9.18. The predicted octanol–water partition coefficient (Wildman–Crippen LogP) is 3.42. The third-order valence-electron chi connectivity index (χ3n) is 5.10. The van der Waals surface area contributed by atoms with Crippen LogP contribution in [0.1, 0.15) is 32.0 Å². The molecule has 3 rings (SSSR count). The van der Waals surface area contributed by atoms with Gasteiger partial charge in [-0.2, -0.15) is 0 Å². The molecule has 0 atom stereocenters. The lowest BCUT2D eigenvalue weighted by atomic mass is 10.1. The van der Waals surface area contributed by atoms with Crippen LogP contribution in [-0.4, -0.2) is 37.6 Å². The summed E-state index contributed by atoms with van der Waals surface area (Å²) in [4.78, 5) is 25.4. The Bertz CT molecular complexity index is 1120. The highest BCUT2D eigenvalue weighted by Gasteiger charge is 2.22.